The quantitative estimate of drug-likeness (QED) is 0.487. The molecule has 2 N–H and O–H groups in total. The second kappa shape index (κ2) is 6.88. The first-order valence-corrected chi connectivity index (χ1v) is 7.75. The molecule has 0 heterocycles. The van der Waals surface area contributed by atoms with Gasteiger partial charge in [0.15, 0.2) is 0 Å². The van der Waals surface area contributed by atoms with Gasteiger partial charge >= 0.3 is 0 Å². The van der Waals surface area contributed by atoms with Crippen LogP contribution in [0.4, 0.5) is 5.69 Å². The van der Waals surface area contributed by atoms with Crippen molar-refractivity contribution in [3.8, 4) is 5.75 Å². The number of phenols is 1. The Balaban J connectivity index is 2.31. The third-order valence-electron chi connectivity index (χ3n) is 2.69. The standard InChI is InChI=1S/C14H10BrCl3N2O/c1-7(10-4-8(15)2-3-13(10)21)19-20-14-11(17)5-9(16)6-12(14)18/h2-6,20-21H,1H3/b19-7+. The van der Waals surface area contributed by atoms with E-state index in [9.17, 15) is 5.11 Å². The van der Waals surface area contributed by atoms with Gasteiger partial charge in [0.25, 0.3) is 0 Å². The zero-order valence-electron chi connectivity index (χ0n) is 10.8. The summed E-state index contributed by atoms with van der Waals surface area (Å²) >= 11 is 21.3. The summed E-state index contributed by atoms with van der Waals surface area (Å²) in [5.74, 6) is 0.134. The van der Waals surface area contributed by atoms with Crippen LogP contribution in [0.15, 0.2) is 39.9 Å². The lowest BCUT2D eigenvalue weighted by Gasteiger charge is -2.09. The van der Waals surface area contributed by atoms with Gasteiger partial charge in [0.1, 0.15) is 5.75 Å². The average molecular weight is 409 g/mol. The molecule has 0 amide bonds. The van der Waals surface area contributed by atoms with Crippen molar-refractivity contribution in [3.05, 3.63) is 55.4 Å². The molecule has 2 aromatic carbocycles. The van der Waals surface area contributed by atoms with Gasteiger partial charge in [-0.3, -0.25) is 5.43 Å². The van der Waals surface area contributed by atoms with Crippen molar-refractivity contribution >= 4 is 62.1 Å². The average Bonchev–Trinajstić information content (AvgIpc) is 2.40. The third kappa shape index (κ3) is 4.04. The summed E-state index contributed by atoms with van der Waals surface area (Å²) in [5, 5.41) is 15.2. The van der Waals surface area contributed by atoms with E-state index in [-0.39, 0.29) is 5.75 Å². The number of anilines is 1. The molecule has 2 aromatic rings. The van der Waals surface area contributed by atoms with Crippen LogP contribution in [0, 0.1) is 0 Å². The molecule has 0 aromatic heterocycles. The van der Waals surface area contributed by atoms with Crippen LogP contribution in [-0.4, -0.2) is 10.8 Å². The first-order valence-electron chi connectivity index (χ1n) is 5.82. The van der Waals surface area contributed by atoms with Gasteiger partial charge < -0.3 is 5.11 Å². The third-order valence-corrected chi connectivity index (χ3v) is 4.00. The van der Waals surface area contributed by atoms with Crippen LogP contribution in [0.25, 0.3) is 0 Å². The van der Waals surface area contributed by atoms with Gasteiger partial charge in [-0.05, 0) is 37.3 Å². The van der Waals surface area contributed by atoms with E-state index >= 15 is 0 Å². The largest absolute Gasteiger partial charge is 0.507 e. The first kappa shape index (κ1) is 16.4. The van der Waals surface area contributed by atoms with E-state index < -0.39 is 0 Å². The van der Waals surface area contributed by atoms with Gasteiger partial charge in [-0.25, -0.2) is 0 Å². The van der Waals surface area contributed by atoms with E-state index in [1.165, 1.54) is 0 Å². The van der Waals surface area contributed by atoms with Crippen molar-refractivity contribution in [2.24, 2.45) is 5.10 Å². The fraction of sp³-hybridized carbons (Fsp3) is 0.0714. The Bertz CT molecular complexity index is 696. The van der Waals surface area contributed by atoms with Crippen molar-refractivity contribution in [2.45, 2.75) is 6.92 Å². The highest BCUT2D eigenvalue weighted by atomic mass is 79.9. The maximum absolute atomic E-state index is 9.85. The van der Waals surface area contributed by atoms with Crippen molar-refractivity contribution < 1.29 is 5.11 Å². The van der Waals surface area contributed by atoms with E-state index in [1.54, 1.807) is 37.3 Å². The van der Waals surface area contributed by atoms with E-state index in [0.29, 0.717) is 32.0 Å². The molecule has 0 saturated heterocycles. The van der Waals surface area contributed by atoms with Gasteiger partial charge in [0.2, 0.25) is 0 Å². The lowest BCUT2D eigenvalue weighted by molar-refractivity contribution is 0.474. The predicted octanol–water partition coefficient (Wildman–Crippen LogP) is 5.95. The van der Waals surface area contributed by atoms with E-state index in [1.807, 2.05) is 0 Å². The maximum atomic E-state index is 9.85. The lowest BCUT2D eigenvalue weighted by Crippen LogP contribution is -2.01. The summed E-state index contributed by atoms with van der Waals surface area (Å²) in [6.07, 6.45) is 0. The van der Waals surface area contributed by atoms with Crippen LogP contribution < -0.4 is 5.43 Å². The normalized spacial score (nSPS) is 11.6. The van der Waals surface area contributed by atoms with Crippen LogP contribution in [0.1, 0.15) is 12.5 Å². The lowest BCUT2D eigenvalue weighted by atomic mass is 10.1. The first-order chi connectivity index (χ1) is 9.88. The monoisotopic (exact) mass is 406 g/mol. The van der Waals surface area contributed by atoms with Crippen molar-refractivity contribution in [1.29, 1.82) is 0 Å². The molecule has 2 rings (SSSR count). The maximum Gasteiger partial charge on any atom is 0.124 e. The molecule has 0 radical (unpaired) electrons. The van der Waals surface area contributed by atoms with Crippen LogP contribution in [0.3, 0.4) is 0 Å². The van der Waals surface area contributed by atoms with Crippen LogP contribution in [0.2, 0.25) is 15.1 Å². The van der Waals surface area contributed by atoms with Gasteiger partial charge in [-0.1, -0.05) is 50.7 Å². The molecule has 0 saturated carbocycles. The molecule has 0 aliphatic heterocycles. The number of halogens is 4. The van der Waals surface area contributed by atoms with Crippen LogP contribution in [-0.2, 0) is 0 Å². The Labute approximate surface area is 145 Å². The summed E-state index contributed by atoms with van der Waals surface area (Å²) in [6.45, 7) is 1.76. The summed E-state index contributed by atoms with van der Waals surface area (Å²) < 4.78 is 0.840. The topological polar surface area (TPSA) is 44.6 Å². The van der Waals surface area contributed by atoms with E-state index in [0.717, 1.165) is 4.47 Å². The summed E-state index contributed by atoms with van der Waals surface area (Å²) in [7, 11) is 0. The molecule has 0 fully saturated rings. The van der Waals surface area contributed by atoms with Crippen molar-refractivity contribution in [3.63, 3.8) is 0 Å². The van der Waals surface area contributed by atoms with Crippen molar-refractivity contribution in [2.75, 3.05) is 5.43 Å². The molecule has 0 unspecified atom stereocenters. The molecule has 7 heteroatoms. The van der Waals surface area contributed by atoms with Crippen LogP contribution >= 0.6 is 50.7 Å². The van der Waals surface area contributed by atoms with Crippen LogP contribution in [0.5, 0.6) is 5.75 Å². The fourth-order valence-electron chi connectivity index (χ4n) is 1.65. The number of benzene rings is 2. The number of nitrogens with one attached hydrogen (secondary N) is 1. The highest BCUT2D eigenvalue weighted by molar-refractivity contribution is 9.10. The zero-order chi connectivity index (χ0) is 15.6. The van der Waals surface area contributed by atoms with Gasteiger partial charge in [0, 0.05) is 15.1 Å². The molecule has 0 atom stereocenters. The second-order valence-electron chi connectivity index (χ2n) is 4.21. The number of hydrazone groups is 1. The Kier molecular flexibility index (Phi) is 5.38. The molecule has 3 nitrogen and oxygen atoms in total. The van der Waals surface area contributed by atoms with E-state index in [2.05, 4.69) is 26.5 Å². The molecule has 0 bridgehead atoms. The highest BCUT2D eigenvalue weighted by Crippen LogP contribution is 2.33. The minimum atomic E-state index is 0.134. The number of phenolic OH excluding ortho intramolecular Hbond substituents is 1. The molecule has 110 valence electrons. The molecule has 21 heavy (non-hydrogen) atoms. The Morgan fingerprint density at radius 3 is 2.38 bits per heavy atom. The molecule has 0 aliphatic rings. The smallest absolute Gasteiger partial charge is 0.124 e. The Morgan fingerprint density at radius 1 is 1.14 bits per heavy atom. The predicted molar refractivity (Wildman–Crippen MR) is 93.1 cm³/mol. The summed E-state index contributed by atoms with van der Waals surface area (Å²) in [4.78, 5) is 0. The fourth-order valence-corrected chi connectivity index (χ4v) is 2.91. The van der Waals surface area contributed by atoms with Crippen molar-refractivity contribution in [1.82, 2.24) is 0 Å². The molecule has 0 spiro atoms. The Morgan fingerprint density at radius 2 is 1.76 bits per heavy atom. The second-order valence-corrected chi connectivity index (χ2v) is 6.38. The van der Waals surface area contributed by atoms with E-state index in [4.69, 9.17) is 34.8 Å². The highest BCUT2D eigenvalue weighted by Gasteiger charge is 2.09. The molecular weight excluding hydrogens is 398 g/mol. The minimum Gasteiger partial charge on any atom is -0.507 e. The van der Waals surface area contributed by atoms with Gasteiger partial charge in [0.05, 0.1) is 21.4 Å². The number of hydrogen-bond acceptors (Lipinski definition) is 3. The summed E-state index contributed by atoms with van der Waals surface area (Å²) in [6, 6.07) is 8.23. The molecular formula is C14H10BrCl3N2O. The number of nitrogens with zero attached hydrogens (tertiary/aromatic N) is 1. The minimum absolute atomic E-state index is 0.134. The van der Waals surface area contributed by atoms with Gasteiger partial charge in [-0.15, -0.1) is 0 Å². The zero-order valence-corrected chi connectivity index (χ0v) is 14.6. The number of rotatable bonds is 3. The van der Waals surface area contributed by atoms with Gasteiger partial charge in [-0.2, -0.15) is 5.10 Å². The SMILES string of the molecule is C/C(=N\Nc1c(Cl)cc(Cl)cc1Cl)c1cc(Br)ccc1O. The number of hydrogen-bond donors (Lipinski definition) is 2. The number of aromatic hydroxyl groups is 1. The molecule has 0 aliphatic carbocycles. The Hall–Kier alpha value is -0.940. The summed E-state index contributed by atoms with van der Waals surface area (Å²) in [5.41, 5.74) is 4.42.